The zero-order chi connectivity index (χ0) is 19.2. The predicted octanol–water partition coefficient (Wildman–Crippen LogP) is 2.32. The molecular formula is C19H32N4O2S. The summed E-state index contributed by atoms with van der Waals surface area (Å²) >= 11 is 0. The lowest BCUT2D eigenvalue weighted by molar-refractivity contribution is 0.273. The van der Waals surface area contributed by atoms with Gasteiger partial charge in [-0.05, 0) is 43.7 Å². The molecule has 0 atom stereocenters. The number of piperidine rings is 1. The van der Waals surface area contributed by atoms with E-state index >= 15 is 0 Å². The summed E-state index contributed by atoms with van der Waals surface area (Å²) < 4.78 is 27.2. The summed E-state index contributed by atoms with van der Waals surface area (Å²) in [5.41, 5.74) is 1.80. The van der Waals surface area contributed by atoms with Gasteiger partial charge in [-0.2, -0.15) is 0 Å². The lowest BCUT2D eigenvalue weighted by atomic mass is 9.99. The van der Waals surface area contributed by atoms with Gasteiger partial charge in [-0.1, -0.05) is 31.2 Å². The second kappa shape index (κ2) is 9.37. The van der Waals surface area contributed by atoms with Gasteiger partial charge < -0.3 is 10.2 Å². The average molecular weight is 381 g/mol. The van der Waals surface area contributed by atoms with Crippen molar-refractivity contribution in [2.75, 3.05) is 20.1 Å². The molecule has 1 aromatic carbocycles. The van der Waals surface area contributed by atoms with E-state index in [0.29, 0.717) is 6.54 Å². The highest BCUT2D eigenvalue weighted by Gasteiger charge is 2.19. The van der Waals surface area contributed by atoms with Crippen LogP contribution in [0.2, 0.25) is 0 Å². The molecule has 1 heterocycles. The first-order valence-corrected chi connectivity index (χ1v) is 11.0. The fourth-order valence-electron chi connectivity index (χ4n) is 3.20. The largest absolute Gasteiger partial charge is 0.352 e. The van der Waals surface area contributed by atoms with Crippen LogP contribution in [0.5, 0.6) is 0 Å². The molecule has 0 spiro atoms. The SMILES string of the molecule is CN=C(NCc1ccccc1CS(=O)(=O)NC(C)C)N1CCC(C)CC1. The minimum atomic E-state index is -3.35. The number of guanidine groups is 1. The number of nitrogens with zero attached hydrogens (tertiary/aromatic N) is 2. The van der Waals surface area contributed by atoms with Crippen LogP contribution in [0.25, 0.3) is 0 Å². The molecule has 146 valence electrons. The summed E-state index contributed by atoms with van der Waals surface area (Å²) in [7, 11) is -1.55. The Balaban J connectivity index is 2.03. The van der Waals surface area contributed by atoms with Crippen molar-refractivity contribution in [3.63, 3.8) is 0 Å². The van der Waals surface area contributed by atoms with Gasteiger partial charge in [0.1, 0.15) is 0 Å². The van der Waals surface area contributed by atoms with E-state index in [-0.39, 0.29) is 11.8 Å². The number of hydrogen-bond donors (Lipinski definition) is 2. The molecule has 0 unspecified atom stereocenters. The molecule has 2 N–H and O–H groups in total. The molecule has 1 fully saturated rings. The lowest BCUT2D eigenvalue weighted by Gasteiger charge is -2.33. The van der Waals surface area contributed by atoms with Crippen molar-refractivity contribution >= 4 is 16.0 Å². The summed E-state index contributed by atoms with van der Waals surface area (Å²) in [5.74, 6) is 1.64. The number of nitrogens with one attached hydrogen (secondary N) is 2. The number of rotatable bonds is 6. The van der Waals surface area contributed by atoms with Gasteiger partial charge in [0.05, 0.1) is 5.75 Å². The summed E-state index contributed by atoms with van der Waals surface area (Å²) in [6, 6.07) is 7.56. The van der Waals surface area contributed by atoms with E-state index < -0.39 is 10.0 Å². The van der Waals surface area contributed by atoms with Crippen LogP contribution in [0.4, 0.5) is 0 Å². The molecule has 2 rings (SSSR count). The van der Waals surface area contributed by atoms with Gasteiger partial charge in [0.25, 0.3) is 0 Å². The van der Waals surface area contributed by atoms with Crippen LogP contribution in [0.1, 0.15) is 44.7 Å². The Morgan fingerprint density at radius 1 is 1.23 bits per heavy atom. The molecule has 7 heteroatoms. The average Bonchev–Trinajstić information content (AvgIpc) is 2.56. The molecule has 1 aliphatic heterocycles. The summed E-state index contributed by atoms with van der Waals surface area (Å²) in [6.07, 6.45) is 2.35. The van der Waals surface area contributed by atoms with Crippen molar-refractivity contribution < 1.29 is 8.42 Å². The van der Waals surface area contributed by atoms with E-state index in [1.165, 1.54) is 12.8 Å². The highest BCUT2D eigenvalue weighted by molar-refractivity contribution is 7.88. The van der Waals surface area contributed by atoms with Gasteiger partial charge in [-0.3, -0.25) is 4.99 Å². The number of hydrogen-bond acceptors (Lipinski definition) is 3. The van der Waals surface area contributed by atoms with Crippen molar-refractivity contribution in [1.29, 1.82) is 0 Å². The summed E-state index contributed by atoms with van der Waals surface area (Å²) in [4.78, 5) is 6.67. The molecule has 1 saturated heterocycles. The van der Waals surface area contributed by atoms with E-state index in [9.17, 15) is 8.42 Å². The minimum Gasteiger partial charge on any atom is -0.352 e. The normalized spacial score (nSPS) is 17.0. The zero-order valence-electron chi connectivity index (χ0n) is 16.3. The third-order valence-electron chi connectivity index (χ3n) is 4.61. The van der Waals surface area contributed by atoms with Crippen molar-refractivity contribution in [3.8, 4) is 0 Å². The zero-order valence-corrected chi connectivity index (χ0v) is 17.1. The fraction of sp³-hybridized carbons (Fsp3) is 0.632. The van der Waals surface area contributed by atoms with Crippen LogP contribution in [0.3, 0.4) is 0 Å². The highest BCUT2D eigenvalue weighted by atomic mass is 32.2. The Bertz CT molecular complexity index is 708. The molecule has 0 radical (unpaired) electrons. The van der Waals surface area contributed by atoms with Crippen LogP contribution in [-0.2, 0) is 22.3 Å². The smallest absolute Gasteiger partial charge is 0.216 e. The third kappa shape index (κ3) is 6.29. The Labute approximate surface area is 158 Å². The monoisotopic (exact) mass is 380 g/mol. The van der Waals surface area contributed by atoms with Crippen molar-refractivity contribution in [2.45, 2.75) is 52.0 Å². The Morgan fingerprint density at radius 2 is 1.85 bits per heavy atom. The maximum atomic E-state index is 12.3. The molecular weight excluding hydrogens is 348 g/mol. The number of aliphatic imine (C=N–C) groups is 1. The maximum absolute atomic E-state index is 12.3. The molecule has 1 aromatic rings. The number of benzene rings is 1. The van der Waals surface area contributed by atoms with Crippen molar-refractivity contribution in [1.82, 2.24) is 14.9 Å². The van der Waals surface area contributed by atoms with E-state index in [2.05, 4.69) is 26.9 Å². The molecule has 6 nitrogen and oxygen atoms in total. The molecule has 0 amide bonds. The topological polar surface area (TPSA) is 73.8 Å². The van der Waals surface area contributed by atoms with Crippen LogP contribution in [-0.4, -0.2) is 45.5 Å². The van der Waals surface area contributed by atoms with Gasteiger partial charge in [-0.25, -0.2) is 13.1 Å². The Kier molecular flexibility index (Phi) is 7.46. The maximum Gasteiger partial charge on any atom is 0.216 e. The molecule has 26 heavy (non-hydrogen) atoms. The quantitative estimate of drug-likeness (QED) is 0.587. The van der Waals surface area contributed by atoms with Gasteiger partial charge in [-0.15, -0.1) is 0 Å². The Hall–Kier alpha value is -1.60. The first-order valence-electron chi connectivity index (χ1n) is 9.33. The van der Waals surface area contributed by atoms with Crippen molar-refractivity contribution in [3.05, 3.63) is 35.4 Å². The molecule has 0 aromatic heterocycles. The van der Waals surface area contributed by atoms with Crippen LogP contribution >= 0.6 is 0 Å². The number of likely N-dealkylation sites (tertiary alicyclic amines) is 1. The first-order chi connectivity index (χ1) is 12.3. The van der Waals surface area contributed by atoms with Gasteiger partial charge in [0.2, 0.25) is 10.0 Å². The van der Waals surface area contributed by atoms with Gasteiger partial charge in [0, 0.05) is 32.7 Å². The van der Waals surface area contributed by atoms with E-state index in [4.69, 9.17) is 0 Å². The second-order valence-corrected chi connectivity index (χ2v) is 9.12. The van der Waals surface area contributed by atoms with E-state index in [0.717, 1.165) is 36.1 Å². The van der Waals surface area contributed by atoms with Crippen molar-refractivity contribution in [2.24, 2.45) is 10.9 Å². The minimum absolute atomic E-state index is 0.0110. The standard InChI is InChI=1S/C19H32N4O2S/c1-15(2)22-26(24,25)14-18-8-6-5-7-17(18)13-21-19(20-4)23-11-9-16(3)10-12-23/h5-8,15-16,22H,9-14H2,1-4H3,(H,20,21). The van der Waals surface area contributed by atoms with Crippen LogP contribution in [0, 0.1) is 5.92 Å². The molecule has 0 bridgehead atoms. The van der Waals surface area contributed by atoms with Gasteiger partial charge in [0.15, 0.2) is 5.96 Å². The molecule has 0 saturated carbocycles. The lowest BCUT2D eigenvalue weighted by Crippen LogP contribution is -2.45. The Morgan fingerprint density at radius 3 is 2.42 bits per heavy atom. The number of sulfonamides is 1. The third-order valence-corrected chi connectivity index (χ3v) is 6.13. The van der Waals surface area contributed by atoms with Crippen LogP contribution < -0.4 is 10.0 Å². The fourth-order valence-corrected chi connectivity index (χ4v) is 4.70. The highest BCUT2D eigenvalue weighted by Crippen LogP contribution is 2.17. The second-order valence-electron chi connectivity index (χ2n) is 7.37. The van der Waals surface area contributed by atoms with Gasteiger partial charge >= 0.3 is 0 Å². The van der Waals surface area contributed by atoms with E-state index in [1.54, 1.807) is 7.05 Å². The summed E-state index contributed by atoms with van der Waals surface area (Å²) in [6.45, 7) is 8.52. The molecule has 0 aliphatic carbocycles. The van der Waals surface area contributed by atoms with E-state index in [1.807, 2.05) is 38.1 Å². The first kappa shape index (κ1) is 20.7. The predicted molar refractivity (Wildman–Crippen MR) is 108 cm³/mol. The molecule has 1 aliphatic rings. The van der Waals surface area contributed by atoms with Crippen LogP contribution in [0.15, 0.2) is 29.3 Å². The summed E-state index contributed by atoms with van der Waals surface area (Å²) in [5, 5.41) is 3.40.